The molecule has 1 amide bonds. The van der Waals surface area contributed by atoms with Crippen LogP contribution in [0.3, 0.4) is 0 Å². The van der Waals surface area contributed by atoms with Crippen LogP contribution < -0.4 is 0 Å². The van der Waals surface area contributed by atoms with Gasteiger partial charge in [0.05, 0.1) is 5.69 Å². The van der Waals surface area contributed by atoms with Crippen LogP contribution in [0.25, 0.3) is 5.65 Å². The number of pyridine rings is 1. The second kappa shape index (κ2) is 4.39. The van der Waals surface area contributed by atoms with E-state index in [0.717, 1.165) is 41.7 Å². The minimum Gasteiger partial charge on any atom is -0.337 e. The Bertz CT molecular complexity index is 614. The summed E-state index contributed by atoms with van der Waals surface area (Å²) in [5, 5.41) is 0. The van der Waals surface area contributed by atoms with Crippen LogP contribution in [-0.4, -0.2) is 33.3 Å². The average Bonchev–Trinajstić information content (AvgIpc) is 2.94. The molecule has 2 aromatic rings. The quantitative estimate of drug-likeness (QED) is 0.812. The van der Waals surface area contributed by atoms with E-state index >= 15 is 0 Å². The van der Waals surface area contributed by atoms with Crippen molar-refractivity contribution in [2.75, 3.05) is 13.1 Å². The van der Waals surface area contributed by atoms with E-state index < -0.39 is 0 Å². The number of carbonyl (C=O) groups is 1. The first-order chi connectivity index (χ1) is 8.66. The molecule has 1 aliphatic rings. The summed E-state index contributed by atoms with van der Waals surface area (Å²) >= 11 is 3.43. The zero-order valence-corrected chi connectivity index (χ0v) is 11.8. The molecule has 3 rings (SSSR count). The van der Waals surface area contributed by atoms with Crippen molar-refractivity contribution in [2.45, 2.75) is 19.8 Å². The molecule has 1 aliphatic heterocycles. The van der Waals surface area contributed by atoms with Gasteiger partial charge in [0.2, 0.25) is 0 Å². The lowest BCUT2D eigenvalue weighted by Gasteiger charge is -2.15. The third-order valence-corrected chi connectivity index (χ3v) is 3.82. The molecule has 4 nitrogen and oxygen atoms in total. The van der Waals surface area contributed by atoms with Crippen LogP contribution in [0.2, 0.25) is 0 Å². The standard InChI is InChI=1S/C13H14BrN3O/c1-9-12(13(18)16-6-2-3-7-16)17-8-10(14)4-5-11(17)15-9/h4-5,8H,2-3,6-7H2,1H3. The highest BCUT2D eigenvalue weighted by atomic mass is 79.9. The van der Waals surface area contributed by atoms with Crippen molar-refractivity contribution in [2.24, 2.45) is 0 Å². The van der Waals surface area contributed by atoms with Gasteiger partial charge in [0.15, 0.2) is 0 Å². The highest BCUT2D eigenvalue weighted by molar-refractivity contribution is 9.10. The third-order valence-electron chi connectivity index (χ3n) is 3.35. The second-order valence-corrected chi connectivity index (χ2v) is 5.54. The minimum absolute atomic E-state index is 0.0931. The Hall–Kier alpha value is -1.36. The topological polar surface area (TPSA) is 37.6 Å². The summed E-state index contributed by atoms with van der Waals surface area (Å²) in [6.45, 7) is 3.61. The van der Waals surface area contributed by atoms with E-state index in [2.05, 4.69) is 20.9 Å². The van der Waals surface area contributed by atoms with Gasteiger partial charge in [-0.25, -0.2) is 4.98 Å². The van der Waals surface area contributed by atoms with Gasteiger partial charge in [0, 0.05) is 23.8 Å². The van der Waals surface area contributed by atoms with Gasteiger partial charge in [-0.15, -0.1) is 0 Å². The van der Waals surface area contributed by atoms with E-state index in [4.69, 9.17) is 0 Å². The molecule has 0 spiro atoms. The molecule has 3 heterocycles. The molecule has 18 heavy (non-hydrogen) atoms. The lowest BCUT2D eigenvalue weighted by atomic mass is 10.3. The monoisotopic (exact) mass is 307 g/mol. The molecule has 0 radical (unpaired) electrons. The Morgan fingerprint density at radius 2 is 2.06 bits per heavy atom. The number of fused-ring (bicyclic) bond motifs is 1. The van der Waals surface area contributed by atoms with Gasteiger partial charge in [-0.1, -0.05) is 0 Å². The SMILES string of the molecule is Cc1nc2ccc(Br)cn2c1C(=O)N1CCCC1. The van der Waals surface area contributed by atoms with E-state index in [-0.39, 0.29) is 5.91 Å². The number of rotatable bonds is 1. The van der Waals surface area contributed by atoms with E-state index in [0.29, 0.717) is 5.69 Å². The maximum Gasteiger partial charge on any atom is 0.272 e. The van der Waals surface area contributed by atoms with E-state index in [1.165, 1.54) is 0 Å². The van der Waals surface area contributed by atoms with Crippen molar-refractivity contribution in [3.8, 4) is 0 Å². The Morgan fingerprint density at radius 3 is 2.78 bits per heavy atom. The smallest absolute Gasteiger partial charge is 0.272 e. The highest BCUT2D eigenvalue weighted by Gasteiger charge is 2.24. The van der Waals surface area contributed by atoms with Crippen LogP contribution in [0, 0.1) is 6.92 Å². The number of carbonyl (C=O) groups excluding carboxylic acids is 1. The van der Waals surface area contributed by atoms with Crippen molar-refractivity contribution in [3.63, 3.8) is 0 Å². The molecule has 94 valence electrons. The van der Waals surface area contributed by atoms with Gasteiger partial charge in [-0.05, 0) is 47.8 Å². The summed E-state index contributed by atoms with van der Waals surface area (Å²) in [5.74, 6) is 0.0931. The third kappa shape index (κ3) is 1.82. The van der Waals surface area contributed by atoms with Crippen LogP contribution in [0.1, 0.15) is 29.0 Å². The van der Waals surface area contributed by atoms with Crippen LogP contribution >= 0.6 is 15.9 Å². The molecule has 1 saturated heterocycles. The fourth-order valence-corrected chi connectivity index (χ4v) is 2.80. The van der Waals surface area contributed by atoms with Gasteiger partial charge in [0.25, 0.3) is 5.91 Å². The first-order valence-corrected chi connectivity index (χ1v) is 6.89. The van der Waals surface area contributed by atoms with Gasteiger partial charge < -0.3 is 4.90 Å². The summed E-state index contributed by atoms with van der Waals surface area (Å²) < 4.78 is 2.82. The second-order valence-electron chi connectivity index (χ2n) is 4.62. The molecule has 1 fully saturated rings. The van der Waals surface area contributed by atoms with Crippen molar-refractivity contribution in [3.05, 3.63) is 34.2 Å². The van der Waals surface area contributed by atoms with Gasteiger partial charge in [-0.2, -0.15) is 0 Å². The summed E-state index contributed by atoms with van der Waals surface area (Å²) in [6.07, 6.45) is 4.11. The summed E-state index contributed by atoms with van der Waals surface area (Å²) in [5.41, 5.74) is 2.30. The summed E-state index contributed by atoms with van der Waals surface area (Å²) in [7, 11) is 0. The summed E-state index contributed by atoms with van der Waals surface area (Å²) in [4.78, 5) is 18.9. The number of likely N-dealkylation sites (tertiary alicyclic amines) is 1. The number of aryl methyl sites for hydroxylation is 1. The first-order valence-electron chi connectivity index (χ1n) is 6.10. The number of hydrogen-bond acceptors (Lipinski definition) is 2. The fourth-order valence-electron chi connectivity index (χ4n) is 2.46. The average molecular weight is 308 g/mol. The Morgan fingerprint density at radius 1 is 1.33 bits per heavy atom. The molecule has 0 atom stereocenters. The summed E-state index contributed by atoms with van der Waals surface area (Å²) in [6, 6.07) is 3.85. The highest BCUT2D eigenvalue weighted by Crippen LogP contribution is 2.20. The molecule has 2 aromatic heterocycles. The lowest BCUT2D eigenvalue weighted by molar-refractivity contribution is 0.0785. The number of nitrogens with zero attached hydrogens (tertiary/aromatic N) is 3. The normalized spacial score (nSPS) is 15.6. The maximum absolute atomic E-state index is 12.5. The Labute approximate surface area is 114 Å². The zero-order chi connectivity index (χ0) is 12.7. The minimum atomic E-state index is 0.0931. The zero-order valence-electron chi connectivity index (χ0n) is 10.2. The van der Waals surface area contributed by atoms with Crippen LogP contribution in [0.5, 0.6) is 0 Å². The number of halogens is 1. The molecular formula is C13H14BrN3O. The van der Waals surface area contributed by atoms with Crippen LogP contribution in [0.4, 0.5) is 0 Å². The Kier molecular flexibility index (Phi) is 2.86. The van der Waals surface area contributed by atoms with Crippen molar-refractivity contribution < 1.29 is 4.79 Å². The molecular weight excluding hydrogens is 294 g/mol. The number of hydrogen-bond donors (Lipinski definition) is 0. The van der Waals surface area contributed by atoms with E-state index in [1.54, 1.807) is 0 Å². The first kappa shape index (κ1) is 11.7. The Balaban J connectivity index is 2.12. The molecule has 5 heteroatoms. The van der Waals surface area contributed by atoms with Crippen molar-refractivity contribution in [1.82, 2.24) is 14.3 Å². The van der Waals surface area contributed by atoms with Gasteiger partial charge in [0.1, 0.15) is 11.3 Å². The van der Waals surface area contributed by atoms with Crippen molar-refractivity contribution >= 4 is 27.5 Å². The molecule has 0 N–H and O–H groups in total. The van der Waals surface area contributed by atoms with Gasteiger partial charge >= 0.3 is 0 Å². The predicted octanol–water partition coefficient (Wildman–Crippen LogP) is 2.64. The molecule has 0 saturated carbocycles. The van der Waals surface area contributed by atoms with Crippen molar-refractivity contribution in [1.29, 1.82) is 0 Å². The maximum atomic E-state index is 12.5. The molecule has 0 bridgehead atoms. The van der Waals surface area contributed by atoms with Crippen LogP contribution in [0.15, 0.2) is 22.8 Å². The van der Waals surface area contributed by atoms with Crippen LogP contribution in [-0.2, 0) is 0 Å². The number of imidazole rings is 1. The van der Waals surface area contributed by atoms with E-state index in [1.807, 2.05) is 34.6 Å². The molecule has 0 aliphatic carbocycles. The van der Waals surface area contributed by atoms with Gasteiger partial charge in [-0.3, -0.25) is 9.20 Å². The predicted molar refractivity (Wildman–Crippen MR) is 72.8 cm³/mol. The van der Waals surface area contributed by atoms with E-state index in [9.17, 15) is 4.79 Å². The largest absolute Gasteiger partial charge is 0.337 e. The molecule has 0 unspecified atom stereocenters. The lowest BCUT2D eigenvalue weighted by Crippen LogP contribution is -2.29. The number of aromatic nitrogens is 2. The fraction of sp³-hybridized carbons (Fsp3) is 0.385. The molecule has 0 aromatic carbocycles. The number of amides is 1.